The summed E-state index contributed by atoms with van der Waals surface area (Å²) in [5.41, 5.74) is 0.445. The summed E-state index contributed by atoms with van der Waals surface area (Å²) in [6.45, 7) is 7.72. The van der Waals surface area contributed by atoms with Crippen LogP contribution in [0.4, 0.5) is 0 Å². The molecule has 0 radical (unpaired) electrons. The van der Waals surface area contributed by atoms with Crippen LogP contribution in [-0.2, 0) is 0 Å². The SMILES string of the molecule is CC(C)NC(=S)NC(=O)c1cc(Br)ccc1OC(C)C. The van der Waals surface area contributed by atoms with Crippen LogP contribution in [0.25, 0.3) is 0 Å². The molecule has 6 heteroatoms. The molecule has 0 saturated heterocycles. The van der Waals surface area contributed by atoms with Gasteiger partial charge in [0.15, 0.2) is 5.11 Å². The predicted molar refractivity (Wildman–Crippen MR) is 88.2 cm³/mol. The third-order valence-corrected chi connectivity index (χ3v) is 2.91. The summed E-state index contributed by atoms with van der Waals surface area (Å²) in [6.07, 6.45) is -0.0107. The van der Waals surface area contributed by atoms with Crippen LogP contribution >= 0.6 is 28.1 Å². The average molecular weight is 359 g/mol. The van der Waals surface area contributed by atoms with Gasteiger partial charge in [-0.05, 0) is 58.1 Å². The zero-order valence-corrected chi connectivity index (χ0v) is 14.4. The van der Waals surface area contributed by atoms with Crippen molar-refractivity contribution in [3.8, 4) is 5.75 Å². The molecule has 2 N–H and O–H groups in total. The second kappa shape index (κ2) is 7.59. The fourth-order valence-corrected chi connectivity index (χ4v) is 2.19. The van der Waals surface area contributed by atoms with E-state index in [-0.39, 0.29) is 18.1 Å². The van der Waals surface area contributed by atoms with Crippen molar-refractivity contribution in [3.05, 3.63) is 28.2 Å². The molecule has 0 fully saturated rings. The molecule has 1 rings (SSSR count). The third-order valence-electron chi connectivity index (χ3n) is 2.20. The molecule has 0 aliphatic carbocycles. The van der Waals surface area contributed by atoms with E-state index in [0.29, 0.717) is 16.4 Å². The lowest BCUT2D eigenvalue weighted by molar-refractivity contribution is 0.0970. The summed E-state index contributed by atoms with van der Waals surface area (Å²) in [4.78, 5) is 12.3. The molecule has 0 aliphatic rings. The molecule has 0 heterocycles. The number of nitrogens with one attached hydrogen (secondary N) is 2. The second-order valence-electron chi connectivity index (χ2n) is 4.89. The van der Waals surface area contributed by atoms with Gasteiger partial charge in [-0.3, -0.25) is 10.1 Å². The van der Waals surface area contributed by atoms with Crippen molar-refractivity contribution in [2.75, 3.05) is 0 Å². The van der Waals surface area contributed by atoms with Gasteiger partial charge in [0.25, 0.3) is 5.91 Å². The molecule has 0 saturated carbocycles. The first kappa shape index (κ1) is 16.9. The molecule has 20 heavy (non-hydrogen) atoms. The normalized spacial score (nSPS) is 10.6. The standard InChI is InChI=1S/C14H19BrN2O2S/c1-8(2)16-14(20)17-13(18)11-7-10(15)5-6-12(11)19-9(3)4/h5-9H,1-4H3,(H2,16,17,18,20). The molecule has 0 spiro atoms. The molecule has 0 atom stereocenters. The van der Waals surface area contributed by atoms with Crippen molar-refractivity contribution in [2.24, 2.45) is 0 Å². The Morgan fingerprint density at radius 1 is 1.30 bits per heavy atom. The Hall–Kier alpha value is -1.14. The number of rotatable bonds is 4. The average Bonchev–Trinajstić information content (AvgIpc) is 2.29. The van der Waals surface area contributed by atoms with Crippen LogP contribution in [0.2, 0.25) is 0 Å². The van der Waals surface area contributed by atoms with Crippen LogP contribution in [0, 0.1) is 0 Å². The van der Waals surface area contributed by atoms with Crippen LogP contribution in [0.1, 0.15) is 38.1 Å². The highest BCUT2D eigenvalue weighted by molar-refractivity contribution is 9.10. The van der Waals surface area contributed by atoms with Crippen molar-refractivity contribution < 1.29 is 9.53 Å². The largest absolute Gasteiger partial charge is 0.490 e. The van der Waals surface area contributed by atoms with Crippen molar-refractivity contribution in [2.45, 2.75) is 39.8 Å². The number of halogens is 1. The van der Waals surface area contributed by atoms with Crippen LogP contribution < -0.4 is 15.4 Å². The van der Waals surface area contributed by atoms with Gasteiger partial charge in [-0.15, -0.1) is 0 Å². The number of thiocarbonyl (C=S) groups is 1. The van der Waals surface area contributed by atoms with Crippen molar-refractivity contribution in [1.82, 2.24) is 10.6 Å². The summed E-state index contributed by atoms with van der Waals surface area (Å²) in [7, 11) is 0. The Morgan fingerprint density at radius 2 is 1.95 bits per heavy atom. The maximum atomic E-state index is 12.3. The fourth-order valence-electron chi connectivity index (χ4n) is 1.51. The van der Waals surface area contributed by atoms with Gasteiger partial charge in [0.1, 0.15) is 5.75 Å². The van der Waals surface area contributed by atoms with Crippen molar-refractivity contribution in [3.63, 3.8) is 0 Å². The van der Waals surface area contributed by atoms with E-state index in [4.69, 9.17) is 17.0 Å². The van der Waals surface area contributed by atoms with E-state index in [0.717, 1.165) is 4.47 Å². The number of carbonyl (C=O) groups excluding carboxylic acids is 1. The Labute approximate surface area is 133 Å². The molecular formula is C14H19BrN2O2S. The van der Waals surface area contributed by atoms with Gasteiger partial charge >= 0.3 is 0 Å². The van der Waals surface area contributed by atoms with Crippen molar-refractivity contribution >= 4 is 39.2 Å². The third kappa shape index (κ3) is 5.46. The van der Waals surface area contributed by atoms with E-state index in [9.17, 15) is 4.79 Å². The monoisotopic (exact) mass is 358 g/mol. The summed E-state index contributed by atoms with van der Waals surface area (Å²) < 4.78 is 6.45. The molecular weight excluding hydrogens is 340 g/mol. The fraction of sp³-hybridized carbons (Fsp3) is 0.429. The summed E-state index contributed by atoms with van der Waals surface area (Å²) >= 11 is 8.43. The highest BCUT2D eigenvalue weighted by Crippen LogP contribution is 2.24. The predicted octanol–water partition coefficient (Wildman–Crippen LogP) is 3.25. The summed E-state index contributed by atoms with van der Waals surface area (Å²) in [5.74, 6) is 0.244. The van der Waals surface area contributed by atoms with Crippen LogP contribution in [0.15, 0.2) is 22.7 Å². The number of hydrogen-bond donors (Lipinski definition) is 2. The summed E-state index contributed by atoms with van der Waals surface area (Å²) in [5, 5.41) is 5.92. The van der Waals surface area contributed by atoms with Gasteiger partial charge in [0.05, 0.1) is 11.7 Å². The van der Waals surface area contributed by atoms with Gasteiger partial charge in [-0.1, -0.05) is 15.9 Å². The van der Waals surface area contributed by atoms with Gasteiger partial charge in [-0.25, -0.2) is 0 Å². The maximum Gasteiger partial charge on any atom is 0.261 e. The minimum absolute atomic E-state index is 0.0107. The molecule has 4 nitrogen and oxygen atoms in total. The highest BCUT2D eigenvalue weighted by atomic mass is 79.9. The lowest BCUT2D eigenvalue weighted by Crippen LogP contribution is -2.42. The zero-order valence-electron chi connectivity index (χ0n) is 12.0. The van der Waals surface area contributed by atoms with Crippen LogP contribution in [0.5, 0.6) is 5.75 Å². The molecule has 0 bridgehead atoms. The first-order chi connectivity index (χ1) is 9.29. The molecule has 0 unspecified atom stereocenters. The molecule has 110 valence electrons. The number of ether oxygens (including phenoxy) is 1. The second-order valence-corrected chi connectivity index (χ2v) is 6.21. The van der Waals surface area contributed by atoms with E-state index in [1.807, 2.05) is 33.8 Å². The van der Waals surface area contributed by atoms with Gasteiger partial charge < -0.3 is 10.1 Å². The van der Waals surface area contributed by atoms with Crippen LogP contribution in [0.3, 0.4) is 0 Å². The zero-order chi connectivity index (χ0) is 15.3. The minimum atomic E-state index is -0.292. The molecule has 0 aromatic heterocycles. The minimum Gasteiger partial charge on any atom is -0.490 e. The van der Waals surface area contributed by atoms with E-state index in [2.05, 4.69) is 26.6 Å². The molecule has 0 aliphatic heterocycles. The van der Waals surface area contributed by atoms with E-state index in [1.54, 1.807) is 12.1 Å². The van der Waals surface area contributed by atoms with Crippen LogP contribution in [-0.4, -0.2) is 23.2 Å². The lowest BCUT2D eigenvalue weighted by Gasteiger charge is -2.16. The molecule has 1 amide bonds. The Balaban J connectivity index is 2.90. The molecule has 1 aromatic rings. The number of amides is 1. The lowest BCUT2D eigenvalue weighted by atomic mass is 10.2. The molecule has 1 aromatic carbocycles. The smallest absolute Gasteiger partial charge is 0.261 e. The van der Waals surface area contributed by atoms with E-state index >= 15 is 0 Å². The number of hydrogen-bond acceptors (Lipinski definition) is 3. The Morgan fingerprint density at radius 3 is 2.50 bits per heavy atom. The topological polar surface area (TPSA) is 50.4 Å². The van der Waals surface area contributed by atoms with Crippen molar-refractivity contribution in [1.29, 1.82) is 0 Å². The van der Waals surface area contributed by atoms with Gasteiger partial charge in [0, 0.05) is 10.5 Å². The quantitative estimate of drug-likeness (QED) is 0.811. The van der Waals surface area contributed by atoms with E-state index in [1.165, 1.54) is 0 Å². The number of carbonyl (C=O) groups is 1. The number of benzene rings is 1. The highest BCUT2D eigenvalue weighted by Gasteiger charge is 2.15. The van der Waals surface area contributed by atoms with E-state index < -0.39 is 0 Å². The summed E-state index contributed by atoms with van der Waals surface area (Å²) in [6, 6.07) is 5.47. The van der Waals surface area contributed by atoms with Gasteiger partial charge in [0.2, 0.25) is 0 Å². The Kier molecular flexibility index (Phi) is 6.42. The first-order valence-electron chi connectivity index (χ1n) is 6.37. The van der Waals surface area contributed by atoms with Gasteiger partial charge in [-0.2, -0.15) is 0 Å². The Bertz CT molecular complexity index is 504. The maximum absolute atomic E-state index is 12.3. The first-order valence-corrected chi connectivity index (χ1v) is 7.57.